The Morgan fingerprint density at radius 3 is 3.10 bits per heavy atom. The molecule has 1 aromatic rings. The zero-order chi connectivity index (χ0) is 14.8. The number of benzene rings is 1. The van der Waals surface area contributed by atoms with Crippen LogP contribution >= 0.6 is 0 Å². The fourth-order valence-corrected chi connectivity index (χ4v) is 3.05. The number of nitrogens with one attached hydrogen (secondary N) is 1. The molecule has 5 heteroatoms. The van der Waals surface area contributed by atoms with Crippen molar-refractivity contribution in [1.29, 1.82) is 0 Å². The van der Waals surface area contributed by atoms with Crippen molar-refractivity contribution in [2.75, 3.05) is 33.4 Å². The molecule has 2 aliphatic heterocycles. The summed E-state index contributed by atoms with van der Waals surface area (Å²) in [5, 5.41) is 3.36. The van der Waals surface area contributed by atoms with Crippen LogP contribution in [-0.2, 0) is 11.2 Å². The van der Waals surface area contributed by atoms with Gasteiger partial charge in [0.1, 0.15) is 18.1 Å². The van der Waals surface area contributed by atoms with Crippen LogP contribution in [0.4, 0.5) is 0 Å². The Morgan fingerprint density at radius 1 is 1.48 bits per heavy atom. The van der Waals surface area contributed by atoms with Crippen LogP contribution in [0.15, 0.2) is 18.2 Å². The van der Waals surface area contributed by atoms with Gasteiger partial charge >= 0.3 is 0 Å². The highest BCUT2D eigenvalue weighted by molar-refractivity contribution is 5.80. The first-order valence-electron chi connectivity index (χ1n) is 7.49. The molecule has 2 heterocycles. The monoisotopic (exact) mass is 290 g/mol. The van der Waals surface area contributed by atoms with Gasteiger partial charge in [-0.1, -0.05) is 0 Å². The lowest BCUT2D eigenvalue weighted by atomic mass is 9.95. The van der Waals surface area contributed by atoms with E-state index in [0.29, 0.717) is 12.6 Å². The average molecular weight is 290 g/mol. The Labute approximate surface area is 125 Å². The van der Waals surface area contributed by atoms with Gasteiger partial charge in [0.2, 0.25) is 5.91 Å². The van der Waals surface area contributed by atoms with Gasteiger partial charge in [0.05, 0.1) is 13.0 Å². The lowest BCUT2D eigenvalue weighted by molar-refractivity contribution is -0.138. The highest BCUT2D eigenvalue weighted by Gasteiger charge is 2.31. The molecule has 1 N–H and O–H groups in total. The highest BCUT2D eigenvalue weighted by Crippen LogP contribution is 2.31. The van der Waals surface area contributed by atoms with E-state index in [0.717, 1.165) is 43.1 Å². The molecule has 0 bridgehead atoms. The van der Waals surface area contributed by atoms with Crippen molar-refractivity contribution in [3.8, 4) is 11.5 Å². The third-order valence-electron chi connectivity index (χ3n) is 4.20. The number of carbonyl (C=O) groups excluding carboxylic acids is 1. The zero-order valence-electron chi connectivity index (χ0n) is 12.6. The van der Waals surface area contributed by atoms with E-state index >= 15 is 0 Å². The molecular weight excluding hydrogens is 268 g/mol. The van der Waals surface area contributed by atoms with E-state index in [1.807, 2.05) is 23.1 Å². The van der Waals surface area contributed by atoms with Crippen LogP contribution < -0.4 is 14.8 Å². The lowest BCUT2D eigenvalue weighted by Crippen LogP contribution is -2.53. The largest absolute Gasteiger partial charge is 0.497 e. The van der Waals surface area contributed by atoms with Gasteiger partial charge in [-0.05, 0) is 37.1 Å². The van der Waals surface area contributed by atoms with Gasteiger partial charge in [0.25, 0.3) is 0 Å². The number of fused-ring (bicyclic) bond motifs is 1. The number of amides is 1. The first-order chi connectivity index (χ1) is 10.2. The van der Waals surface area contributed by atoms with Crippen LogP contribution in [0.1, 0.15) is 12.5 Å². The van der Waals surface area contributed by atoms with E-state index in [1.165, 1.54) is 0 Å². The molecule has 2 aliphatic rings. The standard InChI is InChI=1S/C16H22N2O3/c1-11-9-18(6-5-17-11)16(19)13-7-12-8-14(20-2)3-4-15(12)21-10-13/h3-4,8,11,13,17H,5-7,9-10H2,1-2H3. The number of methoxy groups -OCH3 is 1. The second-order valence-corrected chi connectivity index (χ2v) is 5.83. The van der Waals surface area contributed by atoms with Crippen LogP contribution in [-0.4, -0.2) is 50.2 Å². The molecule has 1 fully saturated rings. The van der Waals surface area contributed by atoms with Crippen molar-refractivity contribution in [2.45, 2.75) is 19.4 Å². The quantitative estimate of drug-likeness (QED) is 0.885. The molecule has 2 unspecified atom stereocenters. The molecule has 5 nitrogen and oxygen atoms in total. The molecule has 1 aromatic carbocycles. The summed E-state index contributed by atoms with van der Waals surface area (Å²) < 4.78 is 11.0. The fraction of sp³-hybridized carbons (Fsp3) is 0.562. The minimum absolute atomic E-state index is 0.0880. The van der Waals surface area contributed by atoms with Gasteiger partial charge in [-0.2, -0.15) is 0 Å². The van der Waals surface area contributed by atoms with Gasteiger partial charge < -0.3 is 19.7 Å². The van der Waals surface area contributed by atoms with Gasteiger partial charge in [-0.25, -0.2) is 0 Å². The molecule has 0 aliphatic carbocycles. The number of piperazine rings is 1. The summed E-state index contributed by atoms with van der Waals surface area (Å²) in [7, 11) is 1.65. The predicted molar refractivity (Wildman–Crippen MR) is 79.7 cm³/mol. The topological polar surface area (TPSA) is 50.8 Å². The summed E-state index contributed by atoms with van der Waals surface area (Å²) in [6.07, 6.45) is 0.726. The molecule has 3 rings (SSSR count). The fourth-order valence-electron chi connectivity index (χ4n) is 3.05. The van der Waals surface area contributed by atoms with Gasteiger partial charge in [0, 0.05) is 25.7 Å². The number of hydrogen-bond donors (Lipinski definition) is 1. The predicted octanol–water partition coefficient (Wildman–Crippen LogP) is 1.07. The average Bonchev–Trinajstić information content (AvgIpc) is 2.53. The maximum atomic E-state index is 12.6. The van der Waals surface area contributed by atoms with E-state index in [9.17, 15) is 4.79 Å². The van der Waals surface area contributed by atoms with Gasteiger partial charge in [-0.3, -0.25) is 4.79 Å². The van der Waals surface area contributed by atoms with Crippen LogP contribution in [0, 0.1) is 5.92 Å². The molecular formula is C16H22N2O3. The molecule has 0 spiro atoms. The van der Waals surface area contributed by atoms with Crippen LogP contribution in [0.5, 0.6) is 11.5 Å². The Bertz CT molecular complexity index is 532. The molecule has 0 saturated carbocycles. The maximum Gasteiger partial charge on any atom is 0.229 e. The van der Waals surface area contributed by atoms with Crippen LogP contribution in [0.3, 0.4) is 0 Å². The second kappa shape index (κ2) is 5.93. The summed E-state index contributed by atoms with van der Waals surface area (Å²) in [4.78, 5) is 14.6. The summed E-state index contributed by atoms with van der Waals surface area (Å²) in [6, 6.07) is 6.13. The SMILES string of the molecule is COc1ccc2c(c1)CC(C(=O)N1CCNC(C)C1)CO2. The molecule has 1 amide bonds. The highest BCUT2D eigenvalue weighted by atomic mass is 16.5. The van der Waals surface area contributed by atoms with E-state index in [4.69, 9.17) is 9.47 Å². The van der Waals surface area contributed by atoms with E-state index in [1.54, 1.807) is 7.11 Å². The second-order valence-electron chi connectivity index (χ2n) is 5.83. The summed E-state index contributed by atoms with van der Waals surface area (Å²) in [5.74, 6) is 1.79. The third kappa shape index (κ3) is 2.97. The molecule has 0 radical (unpaired) electrons. The molecule has 114 valence electrons. The zero-order valence-corrected chi connectivity index (χ0v) is 12.6. The summed E-state index contributed by atoms with van der Waals surface area (Å²) >= 11 is 0. The van der Waals surface area contributed by atoms with E-state index in [2.05, 4.69) is 12.2 Å². The molecule has 0 aromatic heterocycles. The third-order valence-corrected chi connectivity index (χ3v) is 4.20. The van der Waals surface area contributed by atoms with Crippen molar-refractivity contribution in [3.63, 3.8) is 0 Å². The van der Waals surface area contributed by atoms with Gasteiger partial charge in [0.15, 0.2) is 0 Å². The van der Waals surface area contributed by atoms with Crippen molar-refractivity contribution in [1.82, 2.24) is 10.2 Å². The van der Waals surface area contributed by atoms with Gasteiger partial charge in [-0.15, -0.1) is 0 Å². The van der Waals surface area contributed by atoms with E-state index < -0.39 is 0 Å². The Balaban J connectivity index is 1.71. The Morgan fingerprint density at radius 2 is 2.33 bits per heavy atom. The Hall–Kier alpha value is -1.75. The number of nitrogens with zero attached hydrogens (tertiary/aromatic N) is 1. The first-order valence-corrected chi connectivity index (χ1v) is 7.49. The smallest absolute Gasteiger partial charge is 0.229 e. The van der Waals surface area contributed by atoms with Crippen LogP contribution in [0.2, 0.25) is 0 Å². The summed E-state index contributed by atoms with van der Waals surface area (Å²) in [5.41, 5.74) is 1.06. The number of rotatable bonds is 2. The van der Waals surface area contributed by atoms with Crippen molar-refractivity contribution < 1.29 is 14.3 Å². The number of hydrogen-bond acceptors (Lipinski definition) is 4. The number of ether oxygens (including phenoxy) is 2. The first kappa shape index (κ1) is 14.2. The van der Waals surface area contributed by atoms with Crippen molar-refractivity contribution >= 4 is 5.91 Å². The number of carbonyl (C=O) groups is 1. The van der Waals surface area contributed by atoms with Crippen molar-refractivity contribution in [3.05, 3.63) is 23.8 Å². The van der Waals surface area contributed by atoms with Crippen LogP contribution in [0.25, 0.3) is 0 Å². The minimum atomic E-state index is -0.0880. The Kier molecular flexibility index (Phi) is 4.01. The summed E-state index contributed by atoms with van der Waals surface area (Å²) in [6.45, 7) is 5.00. The van der Waals surface area contributed by atoms with Crippen molar-refractivity contribution in [2.24, 2.45) is 5.92 Å². The minimum Gasteiger partial charge on any atom is -0.497 e. The van der Waals surface area contributed by atoms with E-state index in [-0.39, 0.29) is 11.8 Å². The molecule has 2 atom stereocenters. The molecule has 21 heavy (non-hydrogen) atoms. The lowest BCUT2D eigenvalue weighted by Gasteiger charge is -2.35. The normalized spacial score (nSPS) is 25.0. The maximum absolute atomic E-state index is 12.6. The molecule has 1 saturated heterocycles.